The third-order valence-corrected chi connectivity index (χ3v) is 26.2. The molecule has 0 aliphatic rings. The zero-order valence-electron chi connectivity index (χ0n) is 76.0. The lowest BCUT2D eigenvalue weighted by Gasteiger charge is -2.10. The Labute approximate surface area is 811 Å². The molecule has 0 amide bonds. The highest BCUT2D eigenvalue weighted by Crippen LogP contribution is 2.43. The fourth-order valence-corrected chi connectivity index (χ4v) is 18.8. The molecule has 141 heavy (non-hydrogen) atoms. The highest BCUT2D eigenvalue weighted by molar-refractivity contribution is 6.16. The average Bonchev–Trinajstić information content (AvgIpc) is 1.62. The Hall–Kier alpha value is -19.2. The van der Waals surface area contributed by atoms with Gasteiger partial charge in [-0.25, -0.2) is 44.9 Å². The van der Waals surface area contributed by atoms with Crippen LogP contribution in [0.2, 0.25) is 0 Å². The van der Waals surface area contributed by atoms with Crippen molar-refractivity contribution in [1.29, 1.82) is 0 Å². The van der Waals surface area contributed by atoms with Gasteiger partial charge < -0.3 is 13.3 Å². The van der Waals surface area contributed by atoms with Crippen LogP contribution in [0.4, 0.5) is 0 Å². The van der Waals surface area contributed by atoms with Gasteiger partial charge in [0.15, 0.2) is 52.4 Å². The molecular weight excluding hydrogens is 1720 g/mol. The number of nitrogens with zero attached hydrogens (tertiary/aromatic N) is 9. The van der Waals surface area contributed by atoms with E-state index in [0.717, 1.165) is 171 Å². The Morgan fingerprint density at radius 2 is 0.326 bits per heavy atom. The predicted molar refractivity (Wildman–Crippen MR) is 575 cm³/mol. The van der Waals surface area contributed by atoms with Crippen LogP contribution >= 0.6 is 0 Å². The predicted octanol–water partition coefficient (Wildman–Crippen LogP) is 33.8. The molecule has 0 spiro atoms. The molecule has 21 aromatic carbocycles. The molecule has 27 rings (SSSR count). The highest BCUT2D eigenvalue weighted by atomic mass is 16.3. The highest BCUT2D eigenvalue weighted by Gasteiger charge is 2.23. The van der Waals surface area contributed by atoms with Gasteiger partial charge in [0.2, 0.25) is 0 Å². The topological polar surface area (TPSA) is 155 Å². The fraction of sp³-hybridized carbons (Fsp3) is 0. The van der Waals surface area contributed by atoms with Crippen molar-refractivity contribution in [3.63, 3.8) is 0 Å². The van der Waals surface area contributed by atoms with Gasteiger partial charge in [-0.3, -0.25) is 0 Å². The number of fused-ring (bicyclic) bond motifs is 12. The molecule has 12 heteroatoms. The van der Waals surface area contributed by atoms with Crippen LogP contribution in [0.3, 0.4) is 0 Å². The van der Waals surface area contributed by atoms with E-state index < -0.39 is 0 Å². The first-order valence-electron chi connectivity index (χ1n) is 47.1. The van der Waals surface area contributed by atoms with Gasteiger partial charge in [0, 0.05) is 82.4 Å². The van der Waals surface area contributed by atoms with E-state index in [9.17, 15) is 0 Å². The van der Waals surface area contributed by atoms with Gasteiger partial charge in [0.1, 0.15) is 33.5 Å². The molecule has 6 heterocycles. The van der Waals surface area contributed by atoms with E-state index >= 15 is 0 Å². The van der Waals surface area contributed by atoms with Crippen molar-refractivity contribution in [3.8, 4) is 169 Å². The van der Waals surface area contributed by atoms with Crippen LogP contribution < -0.4 is 0 Å². The van der Waals surface area contributed by atoms with Gasteiger partial charge in [0.25, 0.3) is 0 Å². The Balaban J connectivity index is 0.000000111. The Bertz CT molecular complexity index is 9320. The molecule has 0 aliphatic heterocycles. The van der Waals surface area contributed by atoms with Crippen molar-refractivity contribution in [2.24, 2.45) is 0 Å². The summed E-state index contributed by atoms with van der Waals surface area (Å²) in [5.41, 5.74) is 27.4. The monoisotopic (exact) mass is 1800 g/mol. The summed E-state index contributed by atoms with van der Waals surface area (Å²) in [6, 6.07) is 169. The molecule has 0 fully saturated rings. The minimum absolute atomic E-state index is 0.599. The first-order chi connectivity index (χ1) is 69.8. The largest absolute Gasteiger partial charge is 0.456 e. The minimum Gasteiger partial charge on any atom is -0.456 e. The molecule has 12 nitrogen and oxygen atoms in total. The van der Waals surface area contributed by atoms with E-state index in [1.807, 2.05) is 146 Å². The molecule has 0 radical (unpaired) electrons. The maximum atomic E-state index is 6.37. The number of aromatic nitrogens is 9. The minimum atomic E-state index is 0.599. The second kappa shape index (κ2) is 36.6. The van der Waals surface area contributed by atoms with Crippen LogP contribution in [-0.2, 0) is 0 Å². The van der Waals surface area contributed by atoms with Crippen molar-refractivity contribution in [2.45, 2.75) is 0 Å². The summed E-state index contributed by atoms with van der Waals surface area (Å²) in [4.78, 5) is 44.9. The molecule has 0 aliphatic carbocycles. The van der Waals surface area contributed by atoms with Gasteiger partial charge in [-0.15, -0.1) is 0 Å². The van der Waals surface area contributed by atoms with Gasteiger partial charge in [0.05, 0.1) is 0 Å². The summed E-state index contributed by atoms with van der Waals surface area (Å²) in [5.74, 6) is 5.58. The summed E-state index contributed by atoms with van der Waals surface area (Å²) < 4.78 is 19.0. The number of furan rings is 3. The van der Waals surface area contributed by atoms with Crippen molar-refractivity contribution in [1.82, 2.24) is 44.9 Å². The first-order valence-corrected chi connectivity index (χ1v) is 47.1. The van der Waals surface area contributed by atoms with Gasteiger partial charge in [-0.05, 0) is 172 Å². The number of benzene rings is 21. The number of rotatable bonds is 15. The molecule has 6 aromatic heterocycles. The summed E-state index contributed by atoms with van der Waals surface area (Å²) in [6.07, 6.45) is 0. The van der Waals surface area contributed by atoms with Crippen LogP contribution in [0.1, 0.15) is 0 Å². The average molecular weight is 1810 g/mol. The molecule has 0 saturated carbocycles. The smallest absolute Gasteiger partial charge is 0.164 e. The molecule has 27 aromatic rings. The van der Waals surface area contributed by atoms with Crippen LogP contribution in [0.25, 0.3) is 267 Å². The zero-order valence-corrected chi connectivity index (χ0v) is 76.0. The molecule has 0 bridgehead atoms. The maximum absolute atomic E-state index is 6.37. The van der Waals surface area contributed by atoms with Crippen LogP contribution in [0.15, 0.2) is 505 Å². The Kier molecular flexibility index (Phi) is 21.7. The Morgan fingerprint density at radius 3 is 0.667 bits per heavy atom. The molecular formula is C129H81N9O3. The van der Waals surface area contributed by atoms with Crippen molar-refractivity contribution in [2.75, 3.05) is 0 Å². The van der Waals surface area contributed by atoms with E-state index in [-0.39, 0.29) is 0 Å². The lowest BCUT2D eigenvalue weighted by molar-refractivity contribution is 0.669. The summed E-state index contributed by atoms with van der Waals surface area (Å²) in [5, 5.41) is 13.3. The normalized spacial score (nSPS) is 11.4. The quantitative estimate of drug-likeness (QED) is 0.0959. The lowest BCUT2D eigenvalue weighted by Crippen LogP contribution is -2.00. The second-order valence-corrected chi connectivity index (χ2v) is 35.1. The first kappa shape index (κ1) is 83.6. The molecule has 0 saturated heterocycles. The number of hydrogen-bond donors (Lipinski definition) is 0. The van der Waals surface area contributed by atoms with E-state index in [4.69, 9.17) is 58.1 Å². The van der Waals surface area contributed by atoms with Gasteiger partial charge in [-0.2, -0.15) is 0 Å². The van der Waals surface area contributed by atoms with E-state index in [1.165, 1.54) is 44.2 Å². The number of hydrogen-bond acceptors (Lipinski definition) is 12. The molecule has 0 N–H and O–H groups in total. The maximum Gasteiger partial charge on any atom is 0.164 e. The van der Waals surface area contributed by atoms with Crippen LogP contribution in [0, 0.1) is 0 Å². The van der Waals surface area contributed by atoms with Crippen molar-refractivity contribution >= 4 is 98.1 Å². The molecule has 0 unspecified atom stereocenters. The van der Waals surface area contributed by atoms with Crippen molar-refractivity contribution < 1.29 is 13.3 Å². The third kappa shape index (κ3) is 16.9. The van der Waals surface area contributed by atoms with Gasteiger partial charge in [-0.1, -0.05) is 419 Å². The zero-order chi connectivity index (χ0) is 93.5. The summed E-state index contributed by atoms with van der Waals surface area (Å²) in [7, 11) is 0. The second-order valence-electron chi connectivity index (χ2n) is 35.1. The van der Waals surface area contributed by atoms with E-state index in [0.29, 0.717) is 52.4 Å². The van der Waals surface area contributed by atoms with E-state index in [1.54, 1.807) is 0 Å². The standard InChI is InChI=1S/3C43H27N3O/c1-3-10-28(11-4-1)29-18-20-30(21-19-29)31-22-24-33(25-23-31)42-44-41(32-12-5-2-6-13-32)45-43(46-42)36-16-9-17-38-40(36)37-26-34-14-7-8-15-35(34)27-39(37)47-38;1-3-9-28(10-4-1)29-15-17-30(18-16-29)31-19-21-33(22-20-31)42-44-41(32-11-5-2-6-12-32)45-43(46-42)36-23-24-39-37(26-36)38-25-34-13-7-8-14-35(34)27-40(38)47-39;1-3-9-28(10-4-1)29-15-17-30(18-16-29)31-19-21-33(22-20-31)42-44-41(32-11-5-2-6-12-32)45-43(46-42)36-23-24-37-38-25-34-13-7-8-14-35(34)26-40(38)47-39(37)27-36/h3*1-27H. The SMILES string of the molecule is c1ccc(-c2ccc(-c3ccc(-c4nc(-c5ccccc5)nc(-c5ccc6c(c5)oc5cc7ccccc7cc56)n4)cc3)cc2)cc1.c1ccc(-c2ccc(-c3ccc(-c4nc(-c5ccccc5)nc(-c5ccc6oc7cc8ccccc8cc7c6c5)n4)cc3)cc2)cc1.c1ccc(-c2ccc(-c3ccc(-c4nc(-c5ccccc5)nc(-c5cccc6oc7cc8ccccc8cc7c56)n4)cc3)cc2)cc1. The van der Waals surface area contributed by atoms with Crippen LogP contribution in [0.5, 0.6) is 0 Å². The van der Waals surface area contributed by atoms with E-state index in [2.05, 4.69) is 346 Å². The lowest BCUT2D eigenvalue weighted by atomic mass is 9.99. The summed E-state index contributed by atoms with van der Waals surface area (Å²) >= 11 is 0. The summed E-state index contributed by atoms with van der Waals surface area (Å²) in [6.45, 7) is 0. The molecule has 0 atom stereocenters. The Morgan fingerprint density at radius 1 is 0.113 bits per heavy atom. The third-order valence-electron chi connectivity index (χ3n) is 26.2. The molecule has 660 valence electrons. The van der Waals surface area contributed by atoms with Gasteiger partial charge >= 0.3 is 0 Å². The van der Waals surface area contributed by atoms with Crippen LogP contribution in [-0.4, -0.2) is 44.9 Å². The van der Waals surface area contributed by atoms with Crippen molar-refractivity contribution in [3.05, 3.63) is 491 Å². The fourth-order valence-electron chi connectivity index (χ4n) is 18.8.